The molecule has 0 aliphatic carbocycles. The Bertz CT molecular complexity index is 3740. The van der Waals surface area contributed by atoms with E-state index in [1.807, 2.05) is 0 Å². The van der Waals surface area contributed by atoms with Crippen LogP contribution >= 0.6 is 0 Å². The summed E-state index contributed by atoms with van der Waals surface area (Å²) in [5.41, 5.74) is 19.4. The zero-order valence-corrected chi connectivity index (χ0v) is 53.2. The Morgan fingerprint density at radius 2 is 0.835 bits per heavy atom. The van der Waals surface area contributed by atoms with Gasteiger partial charge in [-0.2, -0.15) is 0 Å². The van der Waals surface area contributed by atoms with Crippen LogP contribution < -0.4 is 65.1 Å². The van der Waals surface area contributed by atoms with Gasteiger partial charge in [-0.25, -0.2) is 4.79 Å². The molecule has 6 aromatic rings. The summed E-state index contributed by atoms with van der Waals surface area (Å²) < 4.78 is 0. The number of carbonyl (C=O) groups is 11. The van der Waals surface area contributed by atoms with Gasteiger partial charge < -0.3 is 95.6 Å². The topological polar surface area (TPSA) is 515 Å². The van der Waals surface area contributed by atoms with Crippen LogP contribution in [0.1, 0.15) is 73.8 Å². The molecule has 30 heteroatoms. The van der Waals surface area contributed by atoms with Gasteiger partial charge in [0.2, 0.25) is 53.2 Å². The molecule has 0 bridgehead atoms. The monoisotopic (exact) mass is 1340 g/mol. The third-order valence-electron chi connectivity index (χ3n) is 15.4. The second kappa shape index (κ2) is 36.2. The lowest BCUT2D eigenvalue weighted by Crippen LogP contribution is -2.61. The van der Waals surface area contributed by atoms with E-state index in [1.54, 1.807) is 74.6 Å². The van der Waals surface area contributed by atoms with E-state index in [1.165, 1.54) is 72.8 Å². The number of carboxylic acid groups (broad SMARTS) is 2. The van der Waals surface area contributed by atoms with E-state index in [4.69, 9.17) is 22.6 Å². The van der Waals surface area contributed by atoms with Gasteiger partial charge >= 0.3 is 11.9 Å². The third-order valence-corrected chi connectivity index (χ3v) is 15.4. The van der Waals surface area contributed by atoms with E-state index < -0.39 is 145 Å². The Labute approximate surface area is 557 Å². The molecular formula is C67H82N14O16. The van der Waals surface area contributed by atoms with Gasteiger partial charge in [0.25, 0.3) is 0 Å². The predicted molar refractivity (Wildman–Crippen MR) is 353 cm³/mol. The first-order valence-electron chi connectivity index (χ1n) is 31.0. The molecule has 6 rings (SSSR count). The fourth-order valence-electron chi connectivity index (χ4n) is 10.4. The number of hydrogen-bond donors (Lipinski definition) is 19. The number of nitrogens with one attached hydrogen (secondary N) is 11. The van der Waals surface area contributed by atoms with Crippen LogP contribution in [-0.2, 0) is 84.8 Å². The minimum atomic E-state index is -1.99. The molecule has 9 atom stereocenters. The molecule has 5 aromatic carbocycles. The molecule has 0 spiro atoms. The van der Waals surface area contributed by atoms with Crippen LogP contribution in [0.25, 0.3) is 10.9 Å². The molecule has 0 unspecified atom stereocenters. The van der Waals surface area contributed by atoms with Gasteiger partial charge in [-0.1, -0.05) is 98.8 Å². The van der Waals surface area contributed by atoms with Crippen molar-refractivity contribution in [3.8, 4) is 17.2 Å². The van der Waals surface area contributed by atoms with Crippen molar-refractivity contribution in [2.24, 2.45) is 23.1 Å². The standard InChI is InChI=1S/C67H82N14O16/c1-36(2)27-49(60(90)81-55(66(96)97)31-37-9-4-3-5-10-37)76-59(89)48(13-8-26-72-67(70)71)74-61(91)51(29-39-16-22-43(83)23-17-39)77-64(94)53(32-41-35-73-47-12-7-6-11-45(41)47)79-63(93)52(30-40-18-24-44(84)25-19-40)78-65(95)54(34-57(86)87)80-62(92)50(28-38-14-20-42(82)21-15-38)75-58(88)46(68)33-56(69)85/h3-7,9-12,14-25,35-36,46,48-55,73,82-84H,8,13,26-34,68H2,1-2H3,(H2,69,85)(H,74,91)(H,75,88)(H,76,89)(H,77,94)(H,78,95)(H,79,93)(H,80,92)(H,81,90)(H,86,87)(H,96,97)(H4,70,71,72)/t46-,48-,49-,50-,51-,52-,53-,54-,55-/m0/s1. The second-order valence-corrected chi connectivity index (χ2v) is 23.7. The molecule has 0 saturated carbocycles. The molecule has 9 amide bonds. The van der Waals surface area contributed by atoms with Gasteiger partial charge in [-0.3, -0.25) is 53.4 Å². The molecule has 0 aliphatic rings. The Balaban J connectivity index is 1.34. The van der Waals surface area contributed by atoms with Gasteiger partial charge in [-0.05, 0) is 95.5 Å². The van der Waals surface area contributed by atoms with Crippen LogP contribution in [0.5, 0.6) is 17.2 Å². The molecule has 97 heavy (non-hydrogen) atoms. The normalized spacial score (nSPS) is 13.9. The van der Waals surface area contributed by atoms with Crippen LogP contribution in [0.4, 0.5) is 0 Å². The molecule has 0 aliphatic heterocycles. The number of para-hydroxylation sites is 1. The summed E-state index contributed by atoms with van der Waals surface area (Å²) >= 11 is 0. The number of nitrogens with two attached hydrogens (primary N) is 3. The Morgan fingerprint density at radius 3 is 1.30 bits per heavy atom. The highest BCUT2D eigenvalue weighted by molar-refractivity contribution is 6.00. The Morgan fingerprint density at radius 1 is 0.454 bits per heavy atom. The zero-order chi connectivity index (χ0) is 70.9. The van der Waals surface area contributed by atoms with E-state index in [2.05, 4.69) is 52.8 Å². The number of guanidine groups is 1. The zero-order valence-electron chi connectivity index (χ0n) is 53.2. The highest BCUT2D eigenvalue weighted by Gasteiger charge is 2.37. The summed E-state index contributed by atoms with van der Waals surface area (Å²) in [6.07, 6.45) is -1.65. The van der Waals surface area contributed by atoms with Crippen LogP contribution in [0.2, 0.25) is 0 Å². The number of aliphatic carboxylic acids is 2. The van der Waals surface area contributed by atoms with Crippen molar-refractivity contribution in [2.45, 2.75) is 132 Å². The van der Waals surface area contributed by atoms with Crippen LogP contribution in [0, 0.1) is 11.3 Å². The Kier molecular flexibility index (Phi) is 27.8. The number of H-pyrrole nitrogens is 1. The van der Waals surface area contributed by atoms with Crippen molar-refractivity contribution >= 4 is 82.0 Å². The van der Waals surface area contributed by atoms with Gasteiger partial charge in [0.1, 0.15) is 65.6 Å². The summed E-state index contributed by atoms with van der Waals surface area (Å²) in [7, 11) is 0. The average Bonchev–Trinajstić information content (AvgIpc) is 1.72. The van der Waals surface area contributed by atoms with Crippen LogP contribution in [0.15, 0.2) is 134 Å². The van der Waals surface area contributed by atoms with Gasteiger partial charge in [0.15, 0.2) is 5.96 Å². The maximum absolute atomic E-state index is 15.3. The van der Waals surface area contributed by atoms with Gasteiger partial charge in [0, 0.05) is 55.7 Å². The van der Waals surface area contributed by atoms with Crippen LogP contribution in [0.3, 0.4) is 0 Å². The summed E-state index contributed by atoms with van der Waals surface area (Å²) in [5, 5.41) is 82.1. The molecule has 1 aromatic heterocycles. The molecular weight excluding hydrogens is 1260 g/mol. The summed E-state index contributed by atoms with van der Waals surface area (Å²) in [6, 6.07) is 17.5. The Hall–Kier alpha value is -11.6. The first-order valence-corrected chi connectivity index (χ1v) is 31.0. The lowest BCUT2D eigenvalue weighted by molar-refractivity contribution is -0.142. The number of amides is 9. The fourth-order valence-corrected chi connectivity index (χ4v) is 10.4. The van der Waals surface area contributed by atoms with Crippen molar-refractivity contribution in [3.63, 3.8) is 0 Å². The number of fused-ring (bicyclic) bond motifs is 1. The van der Waals surface area contributed by atoms with Crippen molar-refractivity contribution < 1.29 is 78.3 Å². The van der Waals surface area contributed by atoms with Crippen LogP contribution in [-0.4, -0.2) is 163 Å². The molecule has 0 radical (unpaired) electrons. The lowest BCUT2D eigenvalue weighted by atomic mass is 9.99. The summed E-state index contributed by atoms with van der Waals surface area (Å²) in [6.45, 7) is 3.58. The first kappa shape index (κ1) is 74.5. The number of aromatic amines is 1. The van der Waals surface area contributed by atoms with E-state index in [0.29, 0.717) is 38.7 Å². The number of aromatic nitrogens is 1. The van der Waals surface area contributed by atoms with Crippen molar-refractivity contribution in [1.82, 2.24) is 52.8 Å². The maximum atomic E-state index is 15.3. The number of aromatic hydroxyl groups is 3. The highest BCUT2D eigenvalue weighted by Crippen LogP contribution is 2.21. The number of carbonyl (C=O) groups excluding carboxylic acids is 9. The average molecular weight is 1340 g/mol. The molecule has 1 heterocycles. The largest absolute Gasteiger partial charge is 0.508 e. The van der Waals surface area contributed by atoms with Crippen molar-refractivity contribution in [3.05, 3.63) is 161 Å². The molecule has 22 N–H and O–H groups in total. The number of carboxylic acids is 2. The number of rotatable bonds is 37. The van der Waals surface area contributed by atoms with E-state index in [0.717, 1.165) is 0 Å². The van der Waals surface area contributed by atoms with Crippen molar-refractivity contribution in [2.75, 3.05) is 6.54 Å². The fraction of sp³-hybridized carbons (Fsp3) is 0.343. The summed E-state index contributed by atoms with van der Waals surface area (Å²) in [5.74, 6) is -13.2. The van der Waals surface area contributed by atoms with E-state index in [-0.39, 0.29) is 74.7 Å². The van der Waals surface area contributed by atoms with Gasteiger partial charge in [-0.15, -0.1) is 0 Å². The van der Waals surface area contributed by atoms with E-state index >= 15 is 14.4 Å². The van der Waals surface area contributed by atoms with Gasteiger partial charge in [0.05, 0.1) is 18.9 Å². The minimum Gasteiger partial charge on any atom is -0.508 e. The number of benzene rings is 5. The predicted octanol–water partition coefficient (Wildman–Crippen LogP) is -0.252. The molecule has 30 nitrogen and oxygen atoms in total. The molecule has 0 saturated heterocycles. The van der Waals surface area contributed by atoms with E-state index in [9.17, 15) is 63.9 Å². The maximum Gasteiger partial charge on any atom is 0.326 e. The number of phenols is 3. The number of hydrogen-bond acceptors (Lipinski definition) is 16. The second-order valence-electron chi connectivity index (χ2n) is 23.7. The highest BCUT2D eigenvalue weighted by atomic mass is 16.4. The van der Waals surface area contributed by atoms with Crippen molar-refractivity contribution in [1.29, 1.82) is 5.41 Å². The lowest BCUT2D eigenvalue weighted by Gasteiger charge is -2.28. The third kappa shape index (κ3) is 24.4. The molecule has 0 fully saturated rings. The SMILES string of the molecule is CC(C)C[C@H](NC(=O)[C@H](CCCNC(=N)N)NC(=O)[C@H](Cc1ccc(O)cc1)NC(=O)[C@H](Cc1c[nH]c2ccccc12)NC(=O)[C@H](Cc1ccc(O)cc1)NC(=O)[C@H](CC(=O)O)NC(=O)[C@H](Cc1ccc(O)cc1)NC(=O)[C@@H](N)CC(N)=O)C(=O)N[C@@H](Cc1ccccc1)C(=O)O. The number of primary amides is 1. The smallest absolute Gasteiger partial charge is 0.326 e. The molecule has 516 valence electrons. The summed E-state index contributed by atoms with van der Waals surface area (Å²) in [4.78, 5) is 156. The number of phenolic OH excluding ortho intramolecular Hbond substituents is 3. The first-order chi connectivity index (χ1) is 46.1. The quantitative estimate of drug-likeness (QED) is 0.0136. The minimum absolute atomic E-state index is 0.0197.